The van der Waals surface area contributed by atoms with Crippen LogP contribution < -0.4 is 0 Å². The van der Waals surface area contributed by atoms with Crippen molar-refractivity contribution in [2.24, 2.45) is 0 Å². The summed E-state index contributed by atoms with van der Waals surface area (Å²) in [5.41, 5.74) is 2.00. The first-order chi connectivity index (χ1) is 6.36. The molecule has 0 bridgehead atoms. The van der Waals surface area contributed by atoms with Crippen LogP contribution in [0.15, 0.2) is 48.7 Å². The van der Waals surface area contributed by atoms with Crippen LogP contribution in [0.4, 0.5) is 0 Å². The summed E-state index contributed by atoms with van der Waals surface area (Å²) in [6.07, 6.45) is 1.71. The molecule has 0 radical (unpaired) electrons. The van der Waals surface area contributed by atoms with Gasteiger partial charge in [-0.05, 0) is 12.1 Å². The molecule has 0 saturated carbocycles. The molecule has 0 atom stereocenters. The van der Waals surface area contributed by atoms with Crippen LogP contribution in [0.25, 0.3) is 11.3 Å². The largest absolute Gasteiger partial charge is 0.256 e. The van der Waals surface area contributed by atoms with E-state index in [0.717, 1.165) is 11.3 Å². The third-order valence-electron chi connectivity index (χ3n) is 1.79. The normalized spacial score (nSPS) is 9.21. The highest BCUT2D eigenvalue weighted by Gasteiger charge is 1.97. The van der Waals surface area contributed by atoms with Gasteiger partial charge in [0.2, 0.25) is 0 Å². The molecule has 72 valence electrons. The van der Waals surface area contributed by atoms with Crippen molar-refractivity contribution >= 4 is 24.0 Å². The van der Waals surface area contributed by atoms with Gasteiger partial charge in [0.25, 0.3) is 0 Å². The van der Waals surface area contributed by atoms with Crippen LogP contribution >= 0.6 is 24.0 Å². The molecule has 2 aromatic rings. The molecule has 3 heteroatoms. The molecule has 1 heterocycles. The van der Waals surface area contributed by atoms with Gasteiger partial charge in [0.15, 0.2) is 0 Å². The van der Waals surface area contributed by atoms with E-state index in [1.165, 1.54) is 0 Å². The van der Waals surface area contributed by atoms with Crippen molar-refractivity contribution in [3.8, 4) is 11.3 Å². The van der Waals surface area contributed by atoms with Crippen molar-refractivity contribution in [3.63, 3.8) is 0 Å². The van der Waals surface area contributed by atoms with Crippen molar-refractivity contribution in [2.45, 2.75) is 0 Å². The highest BCUT2D eigenvalue weighted by molar-refractivity contribution is 6.30. The average Bonchev–Trinajstić information content (AvgIpc) is 2.19. The molecule has 0 saturated heterocycles. The van der Waals surface area contributed by atoms with E-state index in [1.807, 2.05) is 36.4 Å². The number of aromatic nitrogens is 1. The summed E-state index contributed by atoms with van der Waals surface area (Å²) in [6, 6.07) is 13.6. The molecule has 0 aliphatic carbocycles. The van der Waals surface area contributed by atoms with Gasteiger partial charge in [-0.2, -0.15) is 0 Å². The third kappa shape index (κ3) is 2.47. The van der Waals surface area contributed by atoms with E-state index in [0.29, 0.717) is 5.02 Å². The topological polar surface area (TPSA) is 12.9 Å². The number of benzene rings is 1. The fourth-order valence-corrected chi connectivity index (χ4v) is 1.33. The second kappa shape index (κ2) is 4.99. The van der Waals surface area contributed by atoms with Crippen molar-refractivity contribution in [1.29, 1.82) is 0 Å². The lowest BCUT2D eigenvalue weighted by atomic mass is 10.1. The summed E-state index contributed by atoms with van der Waals surface area (Å²) in [4.78, 5) is 4.23. The van der Waals surface area contributed by atoms with Crippen molar-refractivity contribution < 1.29 is 0 Å². The number of nitrogens with zero attached hydrogens (tertiary/aromatic N) is 1. The average molecular weight is 226 g/mol. The molecule has 0 aliphatic heterocycles. The lowest BCUT2D eigenvalue weighted by molar-refractivity contribution is 1.33. The minimum atomic E-state index is 0. The predicted octanol–water partition coefficient (Wildman–Crippen LogP) is 3.82. The molecule has 2 rings (SSSR count). The van der Waals surface area contributed by atoms with Crippen LogP contribution in [0.5, 0.6) is 0 Å². The van der Waals surface area contributed by atoms with Gasteiger partial charge in [0.05, 0.1) is 5.69 Å². The Morgan fingerprint density at radius 1 is 1.00 bits per heavy atom. The second-order valence-electron chi connectivity index (χ2n) is 2.73. The van der Waals surface area contributed by atoms with E-state index in [1.54, 1.807) is 12.3 Å². The fourth-order valence-electron chi connectivity index (χ4n) is 1.17. The van der Waals surface area contributed by atoms with Crippen molar-refractivity contribution in [3.05, 3.63) is 53.7 Å². The zero-order chi connectivity index (χ0) is 9.10. The maximum atomic E-state index is 5.85. The lowest BCUT2D eigenvalue weighted by Crippen LogP contribution is -1.81. The van der Waals surface area contributed by atoms with E-state index >= 15 is 0 Å². The van der Waals surface area contributed by atoms with Gasteiger partial charge in [-0.1, -0.05) is 41.9 Å². The maximum Gasteiger partial charge on any atom is 0.0716 e. The maximum absolute atomic E-state index is 5.85. The molecule has 14 heavy (non-hydrogen) atoms. The lowest BCUT2D eigenvalue weighted by Gasteiger charge is -1.99. The number of hydrogen-bond acceptors (Lipinski definition) is 1. The van der Waals surface area contributed by atoms with Crippen LogP contribution in [-0.4, -0.2) is 4.98 Å². The molecule has 0 spiro atoms. The summed E-state index contributed by atoms with van der Waals surface area (Å²) >= 11 is 5.85. The second-order valence-corrected chi connectivity index (χ2v) is 3.16. The van der Waals surface area contributed by atoms with Crippen LogP contribution in [0.3, 0.4) is 0 Å². The Labute approximate surface area is 94.2 Å². The SMILES string of the molecule is Cl.Clc1ccnc(-c2ccccc2)c1. The molecule has 1 aromatic heterocycles. The molecule has 0 N–H and O–H groups in total. The number of hydrogen-bond donors (Lipinski definition) is 0. The quantitative estimate of drug-likeness (QED) is 0.720. The van der Waals surface area contributed by atoms with Crippen LogP contribution in [0.1, 0.15) is 0 Å². The zero-order valence-electron chi connectivity index (χ0n) is 7.35. The summed E-state index contributed by atoms with van der Waals surface area (Å²) in [5, 5.41) is 0.717. The molecule has 0 amide bonds. The number of halogens is 2. The van der Waals surface area contributed by atoms with Crippen LogP contribution in [0, 0.1) is 0 Å². The molecule has 0 fully saturated rings. The molecule has 0 aliphatic rings. The van der Waals surface area contributed by atoms with Gasteiger partial charge in [-0.25, -0.2) is 0 Å². The van der Waals surface area contributed by atoms with Crippen LogP contribution in [0.2, 0.25) is 5.02 Å². The predicted molar refractivity (Wildman–Crippen MR) is 61.9 cm³/mol. The van der Waals surface area contributed by atoms with Crippen LogP contribution in [-0.2, 0) is 0 Å². The summed E-state index contributed by atoms with van der Waals surface area (Å²) in [7, 11) is 0. The first kappa shape index (κ1) is 11.0. The minimum Gasteiger partial charge on any atom is -0.256 e. The Bertz CT molecular complexity index is 401. The highest BCUT2D eigenvalue weighted by atomic mass is 35.5. The smallest absolute Gasteiger partial charge is 0.0716 e. The van der Waals surface area contributed by atoms with E-state index < -0.39 is 0 Å². The first-order valence-electron chi connectivity index (χ1n) is 4.03. The zero-order valence-corrected chi connectivity index (χ0v) is 8.92. The Hall–Kier alpha value is -1.05. The van der Waals surface area contributed by atoms with E-state index in [4.69, 9.17) is 11.6 Å². The summed E-state index contributed by atoms with van der Waals surface area (Å²) < 4.78 is 0. The Balaban J connectivity index is 0.000000980. The summed E-state index contributed by atoms with van der Waals surface area (Å²) in [6.45, 7) is 0. The van der Waals surface area contributed by atoms with Gasteiger partial charge in [0, 0.05) is 16.8 Å². The Kier molecular flexibility index (Phi) is 3.93. The molecular weight excluding hydrogens is 217 g/mol. The molecular formula is C11H9Cl2N. The summed E-state index contributed by atoms with van der Waals surface area (Å²) in [5.74, 6) is 0. The van der Waals surface area contributed by atoms with E-state index in [9.17, 15) is 0 Å². The fraction of sp³-hybridized carbons (Fsp3) is 0. The first-order valence-corrected chi connectivity index (χ1v) is 4.41. The third-order valence-corrected chi connectivity index (χ3v) is 2.03. The molecule has 1 nitrogen and oxygen atoms in total. The number of pyridine rings is 1. The van der Waals surface area contributed by atoms with Gasteiger partial charge < -0.3 is 0 Å². The van der Waals surface area contributed by atoms with Gasteiger partial charge in [-0.15, -0.1) is 12.4 Å². The Morgan fingerprint density at radius 2 is 1.71 bits per heavy atom. The standard InChI is InChI=1S/C11H8ClN.ClH/c12-10-6-7-13-11(8-10)9-4-2-1-3-5-9;/h1-8H;1H. The van der Waals surface area contributed by atoms with E-state index in [-0.39, 0.29) is 12.4 Å². The monoisotopic (exact) mass is 225 g/mol. The molecule has 1 aromatic carbocycles. The Morgan fingerprint density at radius 3 is 2.36 bits per heavy atom. The van der Waals surface area contributed by atoms with Crippen molar-refractivity contribution in [1.82, 2.24) is 4.98 Å². The number of rotatable bonds is 1. The van der Waals surface area contributed by atoms with Gasteiger partial charge >= 0.3 is 0 Å². The molecule has 0 unspecified atom stereocenters. The van der Waals surface area contributed by atoms with E-state index in [2.05, 4.69) is 4.98 Å². The van der Waals surface area contributed by atoms with Gasteiger partial charge in [0.1, 0.15) is 0 Å². The van der Waals surface area contributed by atoms with Crippen molar-refractivity contribution in [2.75, 3.05) is 0 Å². The van der Waals surface area contributed by atoms with Gasteiger partial charge in [-0.3, -0.25) is 4.98 Å². The highest BCUT2D eigenvalue weighted by Crippen LogP contribution is 2.19. The minimum absolute atomic E-state index is 0.